The van der Waals surface area contributed by atoms with Gasteiger partial charge in [0.1, 0.15) is 0 Å². The number of amides is 1. The number of carbonyl (C=O) groups is 1. The zero-order valence-electron chi connectivity index (χ0n) is 14.9. The Morgan fingerprint density at radius 1 is 1.00 bits per heavy atom. The van der Waals surface area contributed by atoms with E-state index >= 15 is 0 Å². The highest BCUT2D eigenvalue weighted by Crippen LogP contribution is 2.28. The Morgan fingerprint density at radius 2 is 1.62 bits per heavy atom. The molecule has 0 spiro atoms. The van der Waals surface area contributed by atoms with Gasteiger partial charge in [-0.2, -0.15) is 4.31 Å². The number of halogens is 1. The molecule has 0 unspecified atom stereocenters. The summed E-state index contributed by atoms with van der Waals surface area (Å²) < 4.78 is 27.4. The van der Waals surface area contributed by atoms with Crippen LogP contribution in [-0.4, -0.2) is 56.3 Å². The summed E-state index contributed by atoms with van der Waals surface area (Å²) in [5.41, 5.74) is 0.353. The lowest BCUT2D eigenvalue weighted by atomic mass is 10.2. The lowest BCUT2D eigenvalue weighted by Gasteiger charge is -2.21. The third-order valence-corrected chi connectivity index (χ3v) is 7.20. The molecular weight excluding hydrogens is 374 g/mol. The number of sulfonamides is 1. The van der Waals surface area contributed by atoms with E-state index in [1.807, 2.05) is 0 Å². The zero-order valence-corrected chi connectivity index (χ0v) is 16.5. The first-order valence-corrected chi connectivity index (χ1v) is 11.1. The van der Waals surface area contributed by atoms with Gasteiger partial charge in [0.15, 0.2) is 0 Å². The molecule has 2 saturated heterocycles. The predicted molar refractivity (Wildman–Crippen MR) is 103 cm³/mol. The van der Waals surface area contributed by atoms with Crippen molar-refractivity contribution in [3.8, 4) is 0 Å². The van der Waals surface area contributed by atoms with Crippen molar-refractivity contribution in [2.75, 3.05) is 38.0 Å². The third kappa shape index (κ3) is 4.76. The number of anilines is 1. The van der Waals surface area contributed by atoms with Gasteiger partial charge in [-0.25, -0.2) is 8.42 Å². The normalized spacial score (nSPS) is 20.0. The van der Waals surface area contributed by atoms with Crippen LogP contribution in [0, 0.1) is 0 Å². The molecule has 0 saturated carbocycles. The Hall–Kier alpha value is -1.15. The fourth-order valence-electron chi connectivity index (χ4n) is 3.53. The van der Waals surface area contributed by atoms with Crippen LogP contribution >= 0.6 is 11.6 Å². The average molecular weight is 400 g/mol. The fraction of sp³-hybridized carbons (Fsp3) is 0.611. The lowest BCUT2D eigenvalue weighted by Crippen LogP contribution is -2.32. The number of hydrogen-bond acceptors (Lipinski definition) is 4. The highest BCUT2D eigenvalue weighted by atomic mass is 35.5. The summed E-state index contributed by atoms with van der Waals surface area (Å²) in [7, 11) is -3.57. The second-order valence-corrected chi connectivity index (χ2v) is 9.34. The molecule has 26 heavy (non-hydrogen) atoms. The molecule has 1 N–H and O–H groups in total. The largest absolute Gasteiger partial charge is 0.324 e. The van der Waals surface area contributed by atoms with Crippen LogP contribution in [0.25, 0.3) is 0 Å². The van der Waals surface area contributed by atoms with Gasteiger partial charge in [0, 0.05) is 13.1 Å². The number of rotatable bonds is 5. The molecule has 3 rings (SSSR count). The van der Waals surface area contributed by atoms with E-state index in [0.29, 0.717) is 30.3 Å². The molecule has 1 aromatic carbocycles. The van der Waals surface area contributed by atoms with Crippen LogP contribution in [-0.2, 0) is 14.8 Å². The second-order valence-electron chi connectivity index (χ2n) is 6.99. The van der Waals surface area contributed by atoms with Crippen LogP contribution in [0.3, 0.4) is 0 Å². The Kier molecular flexibility index (Phi) is 6.55. The monoisotopic (exact) mass is 399 g/mol. The van der Waals surface area contributed by atoms with Gasteiger partial charge in [-0.15, -0.1) is 0 Å². The van der Waals surface area contributed by atoms with E-state index in [4.69, 9.17) is 11.6 Å². The fourth-order valence-corrected chi connectivity index (χ4v) is 5.23. The molecule has 2 heterocycles. The van der Waals surface area contributed by atoms with Crippen LogP contribution in [0.15, 0.2) is 23.1 Å². The molecule has 0 aromatic heterocycles. The zero-order chi connectivity index (χ0) is 18.6. The van der Waals surface area contributed by atoms with Crippen LogP contribution in [0.4, 0.5) is 5.69 Å². The molecule has 1 aromatic rings. The van der Waals surface area contributed by atoms with E-state index in [-0.39, 0.29) is 10.8 Å². The van der Waals surface area contributed by atoms with Gasteiger partial charge >= 0.3 is 0 Å². The second kappa shape index (κ2) is 8.69. The van der Waals surface area contributed by atoms with Gasteiger partial charge in [-0.1, -0.05) is 24.4 Å². The highest BCUT2D eigenvalue weighted by Gasteiger charge is 2.26. The summed E-state index contributed by atoms with van der Waals surface area (Å²) in [6.07, 6.45) is 6.10. The number of likely N-dealkylation sites (tertiary alicyclic amines) is 1. The summed E-state index contributed by atoms with van der Waals surface area (Å²) in [6, 6.07) is 4.53. The molecule has 144 valence electrons. The Balaban J connectivity index is 1.74. The molecule has 2 fully saturated rings. The molecule has 0 bridgehead atoms. The van der Waals surface area contributed by atoms with Crippen molar-refractivity contribution >= 4 is 33.2 Å². The van der Waals surface area contributed by atoms with E-state index in [9.17, 15) is 13.2 Å². The van der Waals surface area contributed by atoms with Crippen molar-refractivity contribution in [2.24, 2.45) is 0 Å². The van der Waals surface area contributed by atoms with Crippen LogP contribution in [0.2, 0.25) is 5.02 Å². The Morgan fingerprint density at radius 3 is 2.27 bits per heavy atom. The van der Waals surface area contributed by atoms with Crippen LogP contribution in [0.1, 0.15) is 38.5 Å². The molecule has 0 radical (unpaired) electrons. The summed E-state index contributed by atoms with van der Waals surface area (Å²) in [5.74, 6) is -0.168. The topological polar surface area (TPSA) is 69.7 Å². The summed E-state index contributed by atoms with van der Waals surface area (Å²) >= 11 is 6.18. The van der Waals surface area contributed by atoms with Gasteiger partial charge in [0.05, 0.1) is 22.2 Å². The maximum Gasteiger partial charge on any atom is 0.243 e. The smallest absolute Gasteiger partial charge is 0.243 e. The minimum absolute atomic E-state index is 0.168. The molecule has 0 atom stereocenters. The number of benzene rings is 1. The van der Waals surface area contributed by atoms with Crippen molar-refractivity contribution in [1.82, 2.24) is 9.21 Å². The molecule has 1 amide bonds. The Bertz CT molecular complexity index is 740. The lowest BCUT2D eigenvalue weighted by molar-refractivity contribution is -0.117. The predicted octanol–water partition coefficient (Wildman–Crippen LogP) is 2.94. The van der Waals surface area contributed by atoms with Gasteiger partial charge < -0.3 is 5.32 Å². The standard InChI is InChI=1S/C18H26ClN3O3S/c19-16-8-7-15(26(24,25)22-11-3-1-2-4-12-22)13-17(16)20-18(23)14-21-9-5-6-10-21/h7-8,13H,1-6,9-12,14H2,(H,20,23). The number of nitrogens with one attached hydrogen (secondary N) is 1. The summed E-state index contributed by atoms with van der Waals surface area (Å²) in [6.45, 7) is 3.23. The molecule has 8 heteroatoms. The van der Waals surface area contributed by atoms with E-state index in [2.05, 4.69) is 10.2 Å². The van der Waals surface area contributed by atoms with Crippen molar-refractivity contribution < 1.29 is 13.2 Å². The number of nitrogens with zero attached hydrogens (tertiary/aromatic N) is 2. The quantitative estimate of drug-likeness (QED) is 0.826. The van der Waals surface area contributed by atoms with E-state index in [0.717, 1.165) is 51.6 Å². The molecule has 0 aliphatic carbocycles. The SMILES string of the molecule is O=C(CN1CCCC1)Nc1cc(S(=O)(=O)N2CCCCCC2)ccc1Cl. The van der Waals surface area contributed by atoms with Crippen LogP contribution in [0.5, 0.6) is 0 Å². The van der Waals surface area contributed by atoms with Crippen molar-refractivity contribution in [2.45, 2.75) is 43.4 Å². The highest BCUT2D eigenvalue weighted by molar-refractivity contribution is 7.89. The minimum atomic E-state index is -3.57. The molecule has 2 aliphatic rings. The van der Waals surface area contributed by atoms with Crippen LogP contribution < -0.4 is 5.32 Å². The molecule has 6 nitrogen and oxygen atoms in total. The van der Waals surface area contributed by atoms with E-state index in [1.165, 1.54) is 18.2 Å². The van der Waals surface area contributed by atoms with Gasteiger partial charge in [-0.3, -0.25) is 9.69 Å². The Labute approximate surface area is 160 Å². The minimum Gasteiger partial charge on any atom is -0.324 e. The molecule has 2 aliphatic heterocycles. The first-order valence-electron chi connectivity index (χ1n) is 9.29. The van der Waals surface area contributed by atoms with Crippen molar-refractivity contribution in [3.63, 3.8) is 0 Å². The van der Waals surface area contributed by atoms with Crippen molar-refractivity contribution in [1.29, 1.82) is 0 Å². The first-order chi connectivity index (χ1) is 12.5. The van der Waals surface area contributed by atoms with Crippen molar-refractivity contribution in [3.05, 3.63) is 23.2 Å². The van der Waals surface area contributed by atoms with Gasteiger partial charge in [-0.05, 0) is 57.0 Å². The van der Waals surface area contributed by atoms with E-state index < -0.39 is 10.0 Å². The van der Waals surface area contributed by atoms with Gasteiger partial charge in [0.25, 0.3) is 0 Å². The number of carbonyl (C=O) groups excluding carboxylic acids is 1. The maximum absolute atomic E-state index is 12.9. The van der Waals surface area contributed by atoms with Gasteiger partial charge in [0.2, 0.25) is 15.9 Å². The average Bonchev–Trinajstić information content (AvgIpc) is 2.95. The summed E-state index contributed by atoms with van der Waals surface area (Å²) in [4.78, 5) is 14.5. The van der Waals surface area contributed by atoms with E-state index in [1.54, 1.807) is 4.31 Å². The third-order valence-electron chi connectivity index (χ3n) is 4.98. The molecular formula is C18H26ClN3O3S. The first kappa shape index (κ1) is 19.6. The maximum atomic E-state index is 12.9. The number of hydrogen-bond donors (Lipinski definition) is 1. The summed E-state index contributed by atoms with van der Waals surface area (Å²) in [5, 5.41) is 3.11.